The molecule has 0 amide bonds. The Kier molecular flexibility index (Phi) is 3.96. The predicted octanol–water partition coefficient (Wildman–Crippen LogP) is -1.85. The van der Waals surface area contributed by atoms with Gasteiger partial charge in [-0.1, -0.05) is 0 Å². The molecular weight excluding hydrogens is 196 g/mol. The van der Waals surface area contributed by atoms with Crippen molar-refractivity contribution in [2.45, 2.75) is 29.9 Å². The SMILES string of the molecule is CS[C@@H]1OC(CO)[C@@H](O)[C@@H](O)C1O. The number of hydrogen-bond donors (Lipinski definition) is 4. The fourth-order valence-corrected chi connectivity index (χ4v) is 1.96. The van der Waals surface area contributed by atoms with Crippen LogP contribution in [0.3, 0.4) is 0 Å². The summed E-state index contributed by atoms with van der Waals surface area (Å²) in [5.41, 5.74) is -0.601. The summed E-state index contributed by atoms with van der Waals surface area (Å²) < 4.78 is 5.13. The van der Waals surface area contributed by atoms with E-state index in [0.717, 1.165) is 0 Å². The Bertz CT molecular complexity index is 147. The van der Waals surface area contributed by atoms with Crippen LogP contribution in [0.4, 0.5) is 0 Å². The molecule has 0 spiro atoms. The predicted molar refractivity (Wildman–Crippen MR) is 47.3 cm³/mol. The molecule has 0 aromatic rings. The Hall–Kier alpha value is 0.150. The average molecular weight is 210 g/mol. The third-order valence-electron chi connectivity index (χ3n) is 2.08. The van der Waals surface area contributed by atoms with Crippen LogP contribution in [0.2, 0.25) is 0 Å². The highest BCUT2D eigenvalue weighted by Gasteiger charge is 2.42. The van der Waals surface area contributed by atoms with Gasteiger partial charge in [-0.2, -0.15) is 0 Å². The third kappa shape index (κ3) is 2.15. The van der Waals surface area contributed by atoms with Crippen LogP contribution in [0.15, 0.2) is 0 Å². The van der Waals surface area contributed by atoms with Crippen LogP contribution in [-0.4, -0.2) is 63.1 Å². The topological polar surface area (TPSA) is 90.2 Å². The molecule has 1 aliphatic rings. The quantitative estimate of drug-likeness (QED) is 0.428. The Labute approximate surface area is 80.3 Å². The molecule has 0 radical (unpaired) electrons. The van der Waals surface area contributed by atoms with Gasteiger partial charge in [-0.05, 0) is 6.26 Å². The molecule has 6 heteroatoms. The van der Waals surface area contributed by atoms with Crippen LogP contribution >= 0.6 is 11.8 Å². The molecular formula is C7H14O5S. The standard InChI is InChI=1S/C7H14O5S/c1-13-7-6(11)5(10)4(9)3(2-8)12-7/h3-11H,2H2,1H3/t3?,4-,5-,6?,7+/m1/s1. The summed E-state index contributed by atoms with van der Waals surface area (Å²) in [6, 6.07) is 0. The highest BCUT2D eigenvalue weighted by molar-refractivity contribution is 7.99. The minimum Gasteiger partial charge on any atom is -0.394 e. The van der Waals surface area contributed by atoms with Crippen molar-refractivity contribution in [1.29, 1.82) is 0 Å². The van der Waals surface area contributed by atoms with E-state index >= 15 is 0 Å². The van der Waals surface area contributed by atoms with Gasteiger partial charge in [0.15, 0.2) is 0 Å². The van der Waals surface area contributed by atoms with E-state index in [1.54, 1.807) is 6.26 Å². The van der Waals surface area contributed by atoms with Crippen LogP contribution in [0.25, 0.3) is 0 Å². The van der Waals surface area contributed by atoms with Gasteiger partial charge in [0.25, 0.3) is 0 Å². The van der Waals surface area contributed by atoms with Crippen LogP contribution in [-0.2, 0) is 4.74 Å². The van der Waals surface area contributed by atoms with Gasteiger partial charge in [0, 0.05) is 0 Å². The van der Waals surface area contributed by atoms with Gasteiger partial charge in [0.2, 0.25) is 0 Å². The summed E-state index contributed by atoms with van der Waals surface area (Å²) in [7, 11) is 0. The van der Waals surface area contributed by atoms with Crippen molar-refractivity contribution in [3.8, 4) is 0 Å². The average Bonchev–Trinajstić information content (AvgIpc) is 2.15. The summed E-state index contributed by atoms with van der Waals surface area (Å²) in [6.07, 6.45) is -2.72. The molecule has 1 aliphatic heterocycles. The highest BCUT2D eigenvalue weighted by Crippen LogP contribution is 2.26. The maximum atomic E-state index is 9.38. The van der Waals surface area contributed by atoms with E-state index in [0.29, 0.717) is 0 Å². The molecule has 1 rings (SSSR count). The van der Waals surface area contributed by atoms with Crippen molar-refractivity contribution in [3.05, 3.63) is 0 Å². The molecule has 1 heterocycles. The zero-order valence-electron chi connectivity index (χ0n) is 7.20. The molecule has 78 valence electrons. The monoisotopic (exact) mass is 210 g/mol. The summed E-state index contributed by atoms with van der Waals surface area (Å²) in [5.74, 6) is 0. The molecule has 0 saturated carbocycles. The van der Waals surface area contributed by atoms with Gasteiger partial charge in [0.1, 0.15) is 29.9 Å². The van der Waals surface area contributed by atoms with Gasteiger partial charge in [-0.15, -0.1) is 11.8 Å². The minimum absolute atomic E-state index is 0.373. The molecule has 2 unspecified atom stereocenters. The van der Waals surface area contributed by atoms with Gasteiger partial charge >= 0.3 is 0 Å². The lowest BCUT2D eigenvalue weighted by molar-refractivity contribution is -0.205. The van der Waals surface area contributed by atoms with E-state index in [9.17, 15) is 15.3 Å². The summed E-state index contributed by atoms with van der Waals surface area (Å²) in [5, 5.41) is 36.8. The molecule has 5 nitrogen and oxygen atoms in total. The lowest BCUT2D eigenvalue weighted by Gasteiger charge is -2.39. The summed E-state index contributed by atoms with van der Waals surface area (Å²) in [6.45, 7) is -0.373. The molecule has 5 atom stereocenters. The van der Waals surface area contributed by atoms with Crippen molar-refractivity contribution < 1.29 is 25.2 Å². The van der Waals surface area contributed by atoms with E-state index in [1.165, 1.54) is 11.8 Å². The van der Waals surface area contributed by atoms with E-state index in [4.69, 9.17) is 9.84 Å². The number of aliphatic hydroxyl groups excluding tert-OH is 4. The zero-order chi connectivity index (χ0) is 10.0. The largest absolute Gasteiger partial charge is 0.394 e. The van der Waals surface area contributed by atoms with E-state index in [2.05, 4.69) is 0 Å². The second kappa shape index (κ2) is 4.59. The fourth-order valence-electron chi connectivity index (χ4n) is 1.26. The fraction of sp³-hybridized carbons (Fsp3) is 1.00. The van der Waals surface area contributed by atoms with Gasteiger partial charge < -0.3 is 25.2 Å². The Morgan fingerprint density at radius 2 is 1.77 bits per heavy atom. The second-order valence-electron chi connectivity index (χ2n) is 2.93. The van der Waals surface area contributed by atoms with Gasteiger partial charge in [-0.3, -0.25) is 0 Å². The first kappa shape index (κ1) is 11.2. The lowest BCUT2D eigenvalue weighted by atomic mass is 10.0. The van der Waals surface area contributed by atoms with Crippen LogP contribution in [0, 0.1) is 0 Å². The Morgan fingerprint density at radius 3 is 2.23 bits per heavy atom. The third-order valence-corrected chi connectivity index (χ3v) is 2.94. The van der Waals surface area contributed by atoms with Crippen molar-refractivity contribution in [3.63, 3.8) is 0 Å². The molecule has 0 aliphatic carbocycles. The maximum Gasteiger partial charge on any atom is 0.132 e. The summed E-state index contributed by atoms with van der Waals surface area (Å²) in [4.78, 5) is 0. The smallest absolute Gasteiger partial charge is 0.132 e. The number of rotatable bonds is 2. The minimum atomic E-state index is -1.26. The normalized spacial score (nSPS) is 46.4. The van der Waals surface area contributed by atoms with Crippen molar-refractivity contribution in [1.82, 2.24) is 0 Å². The first-order valence-electron chi connectivity index (χ1n) is 3.95. The maximum absolute atomic E-state index is 9.38. The number of ether oxygens (including phenoxy) is 1. The molecule has 4 N–H and O–H groups in total. The van der Waals surface area contributed by atoms with Crippen LogP contribution < -0.4 is 0 Å². The first-order chi connectivity index (χ1) is 6.11. The first-order valence-corrected chi connectivity index (χ1v) is 5.24. The lowest BCUT2D eigenvalue weighted by Crippen LogP contribution is -2.57. The highest BCUT2D eigenvalue weighted by atomic mass is 32.2. The van der Waals surface area contributed by atoms with Gasteiger partial charge in [0.05, 0.1) is 6.61 Å². The van der Waals surface area contributed by atoms with Crippen LogP contribution in [0.5, 0.6) is 0 Å². The van der Waals surface area contributed by atoms with Crippen molar-refractivity contribution in [2.75, 3.05) is 12.9 Å². The Morgan fingerprint density at radius 1 is 1.15 bits per heavy atom. The Balaban J connectivity index is 2.66. The van der Waals surface area contributed by atoms with Gasteiger partial charge in [-0.25, -0.2) is 0 Å². The van der Waals surface area contributed by atoms with E-state index < -0.39 is 29.9 Å². The number of aliphatic hydroxyl groups is 4. The molecule has 1 saturated heterocycles. The van der Waals surface area contributed by atoms with Crippen molar-refractivity contribution in [2.24, 2.45) is 0 Å². The van der Waals surface area contributed by atoms with Crippen molar-refractivity contribution >= 4 is 11.8 Å². The second-order valence-corrected chi connectivity index (χ2v) is 3.87. The molecule has 1 fully saturated rings. The van der Waals surface area contributed by atoms with Crippen LogP contribution in [0.1, 0.15) is 0 Å². The molecule has 0 aromatic carbocycles. The zero-order valence-corrected chi connectivity index (χ0v) is 8.02. The molecule has 0 bridgehead atoms. The summed E-state index contributed by atoms with van der Waals surface area (Å²) >= 11 is 1.22. The molecule has 13 heavy (non-hydrogen) atoms. The number of hydrogen-bond acceptors (Lipinski definition) is 6. The molecule has 0 aromatic heterocycles. The van der Waals surface area contributed by atoms with E-state index in [-0.39, 0.29) is 6.61 Å². The number of thioether (sulfide) groups is 1. The van der Waals surface area contributed by atoms with E-state index in [1.807, 2.05) is 0 Å².